The number of carboxylic acids is 4. The third-order valence-corrected chi connectivity index (χ3v) is 13.9. The zero-order valence-electron chi connectivity index (χ0n) is 40.7. The second kappa shape index (κ2) is 30.5. The number of fused-ring (bicyclic) bond motifs is 1. The molecular weight excluding hydrogens is 887 g/mol. The van der Waals surface area contributed by atoms with Gasteiger partial charge in [-0.2, -0.15) is 0 Å². The molecule has 1 saturated heterocycles. The maximum atomic E-state index is 13.9. The third kappa shape index (κ3) is 22.0. The van der Waals surface area contributed by atoms with Crippen molar-refractivity contribution >= 4 is 57.9 Å². The minimum absolute atomic E-state index is 0.0320. The maximum absolute atomic E-state index is 13.9. The van der Waals surface area contributed by atoms with Crippen molar-refractivity contribution in [2.45, 2.75) is 122 Å². The highest BCUT2D eigenvalue weighted by atomic mass is 16.4. The minimum Gasteiger partial charge on any atom is -0.481 e. The number of unbranched alkanes of at least 4 members (excludes halogenated alkanes) is 3. The van der Waals surface area contributed by atoms with Crippen LogP contribution in [0.15, 0.2) is 42.5 Å². The van der Waals surface area contributed by atoms with Crippen LogP contribution in [-0.2, 0) is 44.8 Å². The van der Waals surface area contributed by atoms with Crippen molar-refractivity contribution in [1.82, 2.24) is 24.9 Å². The van der Waals surface area contributed by atoms with Crippen LogP contribution in [0, 0.1) is 17.8 Å². The molecule has 1 aliphatic heterocycles. The number of aliphatic carboxylic acids is 4. The lowest BCUT2D eigenvalue weighted by atomic mass is 9.79. The Kier molecular flexibility index (Phi) is 25.0. The van der Waals surface area contributed by atoms with Crippen LogP contribution in [0.1, 0.15) is 115 Å². The molecule has 2 aliphatic rings. The number of likely N-dealkylation sites (N-methyl/N-ethyl adjacent to an activating group) is 1. The van der Waals surface area contributed by atoms with E-state index in [1.807, 2.05) is 64.1 Å². The van der Waals surface area contributed by atoms with Gasteiger partial charge in [0.25, 0.3) is 0 Å². The van der Waals surface area contributed by atoms with Crippen LogP contribution in [0.3, 0.4) is 0 Å². The summed E-state index contributed by atoms with van der Waals surface area (Å²) in [5.74, 6) is -5.03. The number of ketones is 3. The summed E-state index contributed by atoms with van der Waals surface area (Å²) >= 11 is 0. The first-order valence-corrected chi connectivity index (χ1v) is 25.2. The topological polar surface area (TPSA) is 242 Å². The predicted octanol–water partition coefficient (Wildman–Crippen LogP) is 5.26. The molecule has 0 bridgehead atoms. The Morgan fingerprint density at radius 3 is 1.74 bits per heavy atom. The SMILES string of the molecule is CCN1CCN(CC(=O)O)CCN(CC(=O)CCC2CCC(C(=O)N[C@@H](Cc3ccc4ccccc4c3)C(=O)CCCCC[C@H](CC(=O)CCCCC(=O)O)C(=O)O)CC2)CCN(CC(=O)O)CC1. The first kappa shape index (κ1) is 56.5. The second-order valence-electron chi connectivity index (χ2n) is 19.2. The van der Waals surface area contributed by atoms with Gasteiger partial charge in [-0.15, -0.1) is 0 Å². The summed E-state index contributed by atoms with van der Waals surface area (Å²) in [4.78, 5) is 108. The highest BCUT2D eigenvalue weighted by molar-refractivity contribution is 5.90. The van der Waals surface area contributed by atoms with Gasteiger partial charge in [0.05, 0.1) is 31.6 Å². The number of carboxylic acid groups (broad SMARTS) is 4. The molecule has 0 aromatic heterocycles. The molecule has 2 aromatic carbocycles. The van der Waals surface area contributed by atoms with Crippen LogP contribution >= 0.6 is 0 Å². The first-order chi connectivity index (χ1) is 33.1. The predicted molar refractivity (Wildman–Crippen MR) is 261 cm³/mol. The van der Waals surface area contributed by atoms with E-state index < -0.39 is 35.8 Å². The number of carbonyl (C=O) groups excluding carboxylic acids is 4. The molecule has 4 rings (SSSR count). The van der Waals surface area contributed by atoms with E-state index >= 15 is 0 Å². The number of rotatable bonds is 29. The molecule has 1 amide bonds. The number of hydrogen-bond acceptors (Lipinski definition) is 12. The zero-order chi connectivity index (χ0) is 50.1. The Bertz CT molecular complexity index is 1970. The summed E-state index contributed by atoms with van der Waals surface area (Å²) in [6.45, 7) is 7.12. The first-order valence-electron chi connectivity index (χ1n) is 25.2. The number of carbonyl (C=O) groups is 8. The van der Waals surface area contributed by atoms with Gasteiger partial charge >= 0.3 is 23.9 Å². The van der Waals surface area contributed by atoms with Gasteiger partial charge in [0, 0.05) is 90.4 Å². The Morgan fingerprint density at radius 1 is 0.594 bits per heavy atom. The number of nitrogens with one attached hydrogen (secondary N) is 1. The van der Waals surface area contributed by atoms with Crippen LogP contribution in [0.5, 0.6) is 0 Å². The van der Waals surface area contributed by atoms with Crippen LogP contribution in [0.4, 0.5) is 0 Å². The lowest BCUT2D eigenvalue weighted by molar-refractivity contribution is -0.144. The van der Waals surface area contributed by atoms with Crippen molar-refractivity contribution in [1.29, 1.82) is 0 Å². The van der Waals surface area contributed by atoms with E-state index in [0.717, 1.165) is 35.7 Å². The average Bonchev–Trinajstić information content (AvgIpc) is 3.31. The summed E-state index contributed by atoms with van der Waals surface area (Å²) in [6.07, 6.45) is 7.08. The Balaban J connectivity index is 1.28. The van der Waals surface area contributed by atoms with E-state index in [9.17, 15) is 53.7 Å². The number of nitrogens with zero attached hydrogens (tertiary/aromatic N) is 4. The molecule has 382 valence electrons. The van der Waals surface area contributed by atoms with Gasteiger partial charge in [-0.1, -0.05) is 62.2 Å². The van der Waals surface area contributed by atoms with E-state index in [0.29, 0.717) is 123 Å². The van der Waals surface area contributed by atoms with Crippen molar-refractivity contribution in [3.63, 3.8) is 0 Å². The molecule has 1 heterocycles. The molecule has 5 N–H and O–H groups in total. The molecule has 0 radical (unpaired) electrons. The minimum atomic E-state index is -1.05. The second-order valence-corrected chi connectivity index (χ2v) is 19.2. The Labute approximate surface area is 406 Å². The quantitative estimate of drug-likeness (QED) is 0.0654. The molecule has 17 heteroatoms. The van der Waals surface area contributed by atoms with Crippen LogP contribution < -0.4 is 5.32 Å². The Hall–Kier alpha value is -5.10. The molecule has 2 atom stereocenters. The van der Waals surface area contributed by atoms with Crippen LogP contribution in [-0.4, -0.2) is 172 Å². The summed E-state index contributed by atoms with van der Waals surface area (Å²) in [5.41, 5.74) is 0.920. The van der Waals surface area contributed by atoms with Crippen LogP contribution in [0.25, 0.3) is 10.8 Å². The van der Waals surface area contributed by atoms with Gasteiger partial charge in [0.15, 0.2) is 5.78 Å². The van der Waals surface area contributed by atoms with Gasteiger partial charge in [-0.05, 0) is 93.0 Å². The summed E-state index contributed by atoms with van der Waals surface area (Å²) < 4.78 is 0. The third-order valence-electron chi connectivity index (χ3n) is 13.9. The van der Waals surface area contributed by atoms with E-state index in [1.165, 1.54) is 0 Å². The zero-order valence-corrected chi connectivity index (χ0v) is 40.7. The fourth-order valence-electron chi connectivity index (χ4n) is 9.62. The van der Waals surface area contributed by atoms with Gasteiger partial charge in [-0.25, -0.2) is 0 Å². The number of hydrogen-bond donors (Lipinski definition) is 5. The molecule has 69 heavy (non-hydrogen) atoms. The molecule has 17 nitrogen and oxygen atoms in total. The highest BCUT2D eigenvalue weighted by Crippen LogP contribution is 2.32. The standard InChI is InChI=1S/C52H77N5O12/c1-2-54-24-26-56(36-49(63)64)30-28-55(29-31-57(27-25-54)37-50(65)66)35-45(59)23-19-38-16-21-41(22-17-38)51(67)53-46(33-39-18-20-40-10-6-7-11-42(40)32-39)47(60)14-5-3-4-12-43(52(68)69)34-44(58)13-8-9-15-48(61)62/h6-7,10-11,18,20,32,38,41,43,46H,2-5,8-9,12-17,19,21-31,33-37H2,1H3,(H,53,67)(H,61,62)(H,63,64)(H,65,66)(H,68,69)/t38?,41?,43-,46+/m1/s1. The molecule has 2 aromatic rings. The molecule has 1 saturated carbocycles. The van der Waals surface area contributed by atoms with Gasteiger partial charge in [0.1, 0.15) is 11.6 Å². The van der Waals surface area contributed by atoms with E-state index in [1.54, 1.807) is 0 Å². The molecule has 2 fully saturated rings. The van der Waals surface area contributed by atoms with Gasteiger partial charge < -0.3 is 30.6 Å². The van der Waals surface area contributed by atoms with Gasteiger partial charge in [0.2, 0.25) is 5.91 Å². The van der Waals surface area contributed by atoms with Crippen molar-refractivity contribution in [2.24, 2.45) is 17.8 Å². The maximum Gasteiger partial charge on any atom is 0.317 e. The van der Waals surface area contributed by atoms with E-state index in [-0.39, 0.29) is 80.4 Å². The van der Waals surface area contributed by atoms with Crippen molar-refractivity contribution in [2.75, 3.05) is 78.5 Å². The largest absolute Gasteiger partial charge is 0.481 e. The van der Waals surface area contributed by atoms with Crippen molar-refractivity contribution in [3.8, 4) is 0 Å². The summed E-state index contributed by atoms with van der Waals surface area (Å²) in [6, 6.07) is 13.2. The Morgan fingerprint density at radius 2 is 1.16 bits per heavy atom. The smallest absolute Gasteiger partial charge is 0.317 e. The van der Waals surface area contributed by atoms with E-state index in [4.69, 9.17) is 5.11 Å². The van der Waals surface area contributed by atoms with Crippen LogP contribution in [0.2, 0.25) is 0 Å². The lowest BCUT2D eigenvalue weighted by Crippen LogP contribution is -2.48. The fourth-order valence-corrected chi connectivity index (χ4v) is 9.62. The normalized spacial score (nSPS) is 19.1. The molecule has 1 aliphatic carbocycles. The summed E-state index contributed by atoms with van der Waals surface area (Å²) in [7, 11) is 0. The monoisotopic (exact) mass is 964 g/mol. The van der Waals surface area contributed by atoms with Crippen molar-refractivity contribution in [3.05, 3.63) is 48.0 Å². The highest BCUT2D eigenvalue weighted by Gasteiger charge is 2.30. The number of benzene rings is 2. The molecule has 0 spiro atoms. The molecule has 0 unspecified atom stereocenters. The van der Waals surface area contributed by atoms with Crippen molar-refractivity contribution < 1.29 is 58.8 Å². The number of amides is 1. The summed E-state index contributed by atoms with van der Waals surface area (Å²) in [5, 5.41) is 42.9. The lowest BCUT2D eigenvalue weighted by Gasteiger charge is -2.33. The molecular formula is C52H77N5O12. The van der Waals surface area contributed by atoms with Gasteiger partial charge in [-0.3, -0.25) is 53.1 Å². The average molecular weight is 964 g/mol. The fraction of sp³-hybridized carbons (Fsp3) is 0.654. The number of Topliss-reactive ketones (excluding diaryl/α,β-unsaturated/α-hetero) is 3. The van der Waals surface area contributed by atoms with E-state index in [2.05, 4.69) is 10.2 Å².